The molecule has 1 N–H and O–H groups in total. The molecular weight excluding hydrogens is 255 g/mol. The first kappa shape index (κ1) is 11.3. The van der Waals surface area contributed by atoms with Gasteiger partial charge >= 0.3 is 0 Å². The van der Waals surface area contributed by atoms with Crippen LogP contribution < -0.4 is 10.1 Å². The minimum Gasteiger partial charge on any atom is -0.480 e. The average Bonchev–Trinajstić information content (AvgIpc) is 2.38. The molecule has 0 spiro atoms. The molecule has 0 fully saturated rings. The van der Waals surface area contributed by atoms with Gasteiger partial charge in [-0.2, -0.15) is 0 Å². The zero-order valence-corrected chi connectivity index (χ0v) is 10.1. The molecule has 0 bridgehead atoms. The summed E-state index contributed by atoms with van der Waals surface area (Å²) in [4.78, 5) is 4.02. The maximum Gasteiger partial charge on any atom is 0.158 e. The van der Waals surface area contributed by atoms with Crippen LogP contribution >= 0.6 is 11.6 Å². The molecule has 0 saturated heterocycles. The van der Waals surface area contributed by atoms with Crippen molar-refractivity contribution in [2.75, 3.05) is 11.9 Å². The standard InChI is InChI=1S/C13H10ClFN2O/c14-8-1-3-10-12(5-8)18-13(7-17-10)11-4-2-9(15)6-16-11/h1-6,13,17H,7H2. The first-order valence-electron chi connectivity index (χ1n) is 5.54. The van der Waals surface area contributed by atoms with Crippen LogP contribution in [0.2, 0.25) is 5.02 Å². The van der Waals surface area contributed by atoms with E-state index in [1.54, 1.807) is 18.2 Å². The summed E-state index contributed by atoms with van der Waals surface area (Å²) in [6.45, 7) is 0.591. The Bertz CT molecular complexity index is 574. The lowest BCUT2D eigenvalue weighted by Gasteiger charge is -2.27. The number of nitrogens with zero attached hydrogens (tertiary/aromatic N) is 1. The summed E-state index contributed by atoms with van der Waals surface area (Å²) >= 11 is 5.92. The quantitative estimate of drug-likeness (QED) is 0.857. The summed E-state index contributed by atoms with van der Waals surface area (Å²) in [7, 11) is 0. The van der Waals surface area contributed by atoms with Crippen molar-refractivity contribution in [2.45, 2.75) is 6.10 Å². The second-order valence-electron chi connectivity index (χ2n) is 4.03. The molecule has 1 unspecified atom stereocenters. The molecule has 3 rings (SSSR count). The fraction of sp³-hybridized carbons (Fsp3) is 0.154. The lowest BCUT2D eigenvalue weighted by atomic mass is 10.1. The summed E-state index contributed by atoms with van der Waals surface area (Å²) in [5.41, 5.74) is 1.59. The highest BCUT2D eigenvalue weighted by Gasteiger charge is 2.22. The van der Waals surface area contributed by atoms with E-state index in [4.69, 9.17) is 16.3 Å². The normalized spacial score (nSPS) is 17.6. The molecule has 18 heavy (non-hydrogen) atoms. The number of hydrogen-bond acceptors (Lipinski definition) is 3. The lowest BCUT2D eigenvalue weighted by Crippen LogP contribution is -2.24. The first-order valence-corrected chi connectivity index (χ1v) is 5.92. The van der Waals surface area contributed by atoms with Crippen molar-refractivity contribution in [3.05, 3.63) is 53.1 Å². The number of fused-ring (bicyclic) bond motifs is 1. The highest BCUT2D eigenvalue weighted by atomic mass is 35.5. The van der Waals surface area contributed by atoms with E-state index in [2.05, 4.69) is 10.3 Å². The van der Waals surface area contributed by atoms with Crippen molar-refractivity contribution in [3.8, 4) is 5.75 Å². The van der Waals surface area contributed by atoms with Gasteiger partial charge in [-0.25, -0.2) is 4.39 Å². The number of nitrogens with one attached hydrogen (secondary N) is 1. The molecule has 0 saturated carbocycles. The van der Waals surface area contributed by atoms with E-state index in [1.165, 1.54) is 12.3 Å². The topological polar surface area (TPSA) is 34.1 Å². The summed E-state index contributed by atoms with van der Waals surface area (Å²) in [5.74, 6) is 0.329. The number of halogens is 2. The molecule has 0 aliphatic carbocycles. The Hall–Kier alpha value is -1.81. The number of aromatic nitrogens is 1. The van der Waals surface area contributed by atoms with Crippen molar-refractivity contribution in [1.29, 1.82) is 0 Å². The van der Waals surface area contributed by atoms with Crippen molar-refractivity contribution < 1.29 is 9.13 Å². The predicted molar refractivity (Wildman–Crippen MR) is 67.5 cm³/mol. The number of anilines is 1. The van der Waals surface area contributed by atoms with E-state index in [1.807, 2.05) is 6.07 Å². The maximum absolute atomic E-state index is 12.8. The van der Waals surface area contributed by atoms with Crippen molar-refractivity contribution in [2.24, 2.45) is 0 Å². The molecule has 3 nitrogen and oxygen atoms in total. The van der Waals surface area contributed by atoms with Gasteiger partial charge < -0.3 is 10.1 Å². The Morgan fingerprint density at radius 3 is 3.00 bits per heavy atom. The molecule has 0 radical (unpaired) electrons. The van der Waals surface area contributed by atoms with Crippen LogP contribution in [0, 0.1) is 5.82 Å². The van der Waals surface area contributed by atoms with Crippen LogP contribution in [0.3, 0.4) is 0 Å². The number of hydrogen-bond donors (Lipinski definition) is 1. The molecule has 1 atom stereocenters. The van der Waals surface area contributed by atoms with Gasteiger partial charge in [0.25, 0.3) is 0 Å². The summed E-state index contributed by atoms with van der Waals surface area (Å²) in [6.07, 6.45) is 0.947. The number of benzene rings is 1. The van der Waals surface area contributed by atoms with Crippen LogP contribution in [0.15, 0.2) is 36.5 Å². The monoisotopic (exact) mass is 264 g/mol. The van der Waals surface area contributed by atoms with E-state index in [-0.39, 0.29) is 11.9 Å². The Labute approximate surface area is 109 Å². The molecule has 2 aromatic rings. The van der Waals surface area contributed by atoms with E-state index in [0.29, 0.717) is 23.0 Å². The fourth-order valence-corrected chi connectivity index (χ4v) is 2.04. The van der Waals surface area contributed by atoms with Crippen LogP contribution in [0.1, 0.15) is 11.8 Å². The van der Waals surface area contributed by atoms with Gasteiger partial charge in [0.1, 0.15) is 11.6 Å². The van der Waals surface area contributed by atoms with Crippen LogP contribution in [0.25, 0.3) is 0 Å². The molecule has 0 amide bonds. The second kappa shape index (κ2) is 4.46. The summed E-state index contributed by atoms with van der Waals surface area (Å²) in [5, 5.41) is 3.85. The van der Waals surface area contributed by atoms with Crippen LogP contribution in [0.4, 0.5) is 10.1 Å². The number of rotatable bonds is 1. The van der Waals surface area contributed by atoms with Crippen LogP contribution in [-0.2, 0) is 0 Å². The van der Waals surface area contributed by atoms with E-state index in [0.717, 1.165) is 5.69 Å². The van der Waals surface area contributed by atoms with Gasteiger partial charge in [-0.05, 0) is 24.3 Å². The Balaban J connectivity index is 1.88. The average molecular weight is 265 g/mol. The second-order valence-corrected chi connectivity index (χ2v) is 4.47. The summed E-state index contributed by atoms with van der Waals surface area (Å²) in [6, 6.07) is 8.41. The third kappa shape index (κ3) is 2.11. The third-order valence-corrected chi connectivity index (χ3v) is 3.01. The molecular formula is C13H10ClFN2O. The SMILES string of the molecule is Fc1ccc(C2CNc3ccc(Cl)cc3O2)nc1. The minimum atomic E-state index is -0.356. The number of pyridine rings is 1. The zero-order valence-electron chi connectivity index (χ0n) is 9.36. The third-order valence-electron chi connectivity index (χ3n) is 2.77. The maximum atomic E-state index is 12.8. The molecule has 1 aliphatic heterocycles. The summed E-state index contributed by atoms with van der Waals surface area (Å²) < 4.78 is 18.6. The highest BCUT2D eigenvalue weighted by Crippen LogP contribution is 2.35. The molecule has 1 aromatic carbocycles. The van der Waals surface area contributed by atoms with Gasteiger partial charge in [0.2, 0.25) is 0 Å². The molecule has 5 heteroatoms. The predicted octanol–water partition coefficient (Wildman–Crippen LogP) is 3.42. The Morgan fingerprint density at radius 1 is 1.33 bits per heavy atom. The van der Waals surface area contributed by atoms with Crippen LogP contribution in [-0.4, -0.2) is 11.5 Å². The van der Waals surface area contributed by atoms with Gasteiger partial charge in [0, 0.05) is 11.1 Å². The van der Waals surface area contributed by atoms with Crippen molar-refractivity contribution in [1.82, 2.24) is 4.98 Å². The molecule has 1 aliphatic rings. The van der Waals surface area contributed by atoms with Crippen molar-refractivity contribution >= 4 is 17.3 Å². The van der Waals surface area contributed by atoms with Gasteiger partial charge in [0.15, 0.2) is 6.10 Å². The molecule has 2 heterocycles. The van der Waals surface area contributed by atoms with Gasteiger partial charge in [-0.15, -0.1) is 0 Å². The van der Waals surface area contributed by atoms with Gasteiger partial charge in [-0.3, -0.25) is 4.98 Å². The molecule has 92 valence electrons. The van der Waals surface area contributed by atoms with E-state index in [9.17, 15) is 4.39 Å². The minimum absolute atomic E-state index is 0.239. The molecule has 1 aromatic heterocycles. The van der Waals surface area contributed by atoms with Gasteiger partial charge in [-0.1, -0.05) is 11.6 Å². The Morgan fingerprint density at radius 2 is 2.22 bits per heavy atom. The lowest BCUT2D eigenvalue weighted by molar-refractivity contribution is 0.205. The Kier molecular flexibility index (Phi) is 2.80. The largest absolute Gasteiger partial charge is 0.480 e. The highest BCUT2D eigenvalue weighted by molar-refractivity contribution is 6.30. The first-order chi connectivity index (χ1) is 8.72. The van der Waals surface area contributed by atoms with E-state index < -0.39 is 0 Å². The van der Waals surface area contributed by atoms with E-state index >= 15 is 0 Å². The smallest absolute Gasteiger partial charge is 0.158 e. The van der Waals surface area contributed by atoms with Crippen molar-refractivity contribution in [3.63, 3.8) is 0 Å². The van der Waals surface area contributed by atoms with Gasteiger partial charge in [0.05, 0.1) is 24.1 Å². The van der Waals surface area contributed by atoms with Crippen LogP contribution in [0.5, 0.6) is 5.75 Å². The number of ether oxygens (including phenoxy) is 1. The zero-order chi connectivity index (χ0) is 12.5. The fourth-order valence-electron chi connectivity index (χ4n) is 1.88.